The van der Waals surface area contributed by atoms with Gasteiger partial charge >= 0.3 is 0 Å². The second kappa shape index (κ2) is 13.0. The van der Waals surface area contributed by atoms with Crippen LogP contribution in [0.25, 0.3) is 0 Å². The van der Waals surface area contributed by atoms with Crippen molar-refractivity contribution in [2.75, 3.05) is 26.7 Å². The summed E-state index contributed by atoms with van der Waals surface area (Å²) in [7, 11) is 1.74. The number of amides is 1. The minimum atomic E-state index is -0.176. The summed E-state index contributed by atoms with van der Waals surface area (Å²) in [4.78, 5) is 17.7. The van der Waals surface area contributed by atoms with Gasteiger partial charge in [-0.15, -0.1) is 35.3 Å². The largest absolute Gasteiger partial charge is 0.356 e. The molecule has 0 saturated carbocycles. The number of benzene rings is 1. The van der Waals surface area contributed by atoms with Gasteiger partial charge in [-0.2, -0.15) is 0 Å². The smallest absolute Gasteiger partial charge is 0.252 e. The first kappa shape index (κ1) is 23.7. The molecule has 0 aliphatic carbocycles. The monoisotopic (exact) mass is 520 g/mol. The predicted molar refractivity (Wildman–Crippen MR) is 126 cm³/mol. The first-order chi connectivity index (χ1) is 12.6. The number of rotatable bonds is 8. The molecule has 0 fully saturated rings. The maximum absolute atomic E-state index is 12.1. The van der Waals surface area contributed by atoms with Gasteiger partial charge in [0.15, 0.2) is 5.96 Å². The SMILES string of the molecule is CN=C(NCCNC(=O)c1ccccc1Cl)NCC(C)Cc1cccs1.I. The lowest BCUT2D eigenvalue weighted by Gasteiger charge is -2.16. The molecule has 0 spiro atoms. The van der Waals surface area contributed by atoms with E-state index in [9.17, 15) is 4.79 Å². The topological polar surface area (TPSA) is 65.5 Å². The maximum atomic E-state index is 12.1. The van der Waals surface area contributed by atoms with E-state index in [0.717, 1.165) is 18.9 Å². The molecule has 0 saturated heterocycles. The Labute approximate surface area is 187 Å². The minimum Gasteiger partial charge on any atom is -0.356 e. The van der Waals surface area contributed by atoms with Gasteiger partial charge in [-0.25, -0.2) is 0 Å². The highest BCUT2D eigenvalue weighted by atomic mass is 127. The number of carbonyl (C=O) groups excluding carboxylic acids is 1. The van der Waals surface area contributed by atoms with Crippen molar-refractivity contribution in [1.29, 1.82) is 0 Å². The number of nitrogens with zero attached hydrogens (tertiary/aromatic N) is 1. The van der Waals surface area contributed by atoms with E-state index in [-0.39, 0.29) is 29.9 Å². The predicted octanol–water partition coefficient (Wildman–Crippen LogP) is 3.79. The number of nitrogens with one attached hydrogen (secondary N) is 3. The number of aliphatic imine (C=N–C) groups is 1. The van der Waals surface area contributed by atoms with E-state index < -0.39 is 0 Å². The average molecular weight is 521 g/mol. The van der Waals surface area contributed by atoms with Crippen LogP contribution in [0.15, 0.2) is 46.8 Å². The standard InChI is InChI=1S/C19H25ClN4OS.HI/c1-14(12-15-6-5-11-26-15)13-24-19(21-2)23-10-9-22-18(25)16-7-3-4-8-17(16)20;/h3-8,11,14H,9-10,12-13H2,1-2H3,(H,22,25)(H2,21,23,24);1H. The number of thiophene rings is 1. The fourth-order valence-electron chi connectivity index (χ4n) is 2.43. The summed E-state index contributed by atoms with van der Waals surface area (Å²) in [5, 5.41) is 11.9. The Morgan fingerprint density at radius 3 is 2.56 bits per heavy atom. The van der Waals surface area contributed by atoms with Gasteiger partial charge < -0.3 is 16.0 Å². The van der Waals surface area contributed by atoms with Crippen molar-refractivity contribution < 1.29 is 4.79 Å². The summed E-state index contributed by atoms with van der Waals surface area (Å²) >= 11 is 7.81. The molecule has 0 aliphatic rings. The average Bonchev–Trinajstić information content (AvgIpc) is 3.14. The molecular formula is C19H26ClIN4OS. The van der Waals surface area contributed by atoms with Crippen LogP contribution in [0.2, 0.25) is 5.02 Å². The highest BCUT2D eigenvalue weighted by molar-refractivity contribution is 14.0. The van der Waals surface area contributed by atoms with Crippen molar-refractivity contribution in [3.05, 3.63) is 57.2 Å². The normalized spacial score (nSPS) is 12.0. The molecule has 2 rings (SSSR count). The van der Waals surface area contributed by atoms with Gasteiger partial charge in [-0.05, 0) is 35.9 Å². The highest BCUT2D eigenvalue weighted by Gasteiger charge is 2.09. The molecule has 27 heavy (non-hydrogen) atoms. The fourth-order valence-corrected chi connectivity index (χ4v) is 3.52. The van der Waals surface area contributed by atoms with Gasteiger partial charge in [0, 0.05) is 31.6 Å². The van der Waals surface area contributed by atoms with E-state index in [2.05, 4.69) is 45.4 Å². The first-order valence-electron chi connectivity index (χ1n) is 8.59. The van der Waals surface area contributed by atoms with Crippen molar-refractivity contribution in [3.8, 4) is 0 Å². The van der Waals surface area contributed by atoms with E-state index in [1.807, 2.05) is 0 Å². The molecule has 0 radical (unpaired) electrons. The van der Waals surface area contributed by atoms with Crippen molar-refractivity contribution >= 4 is 58.8 Å². The lowest BCUT2D eigenvalue weighted by Crippen LogP contribution is -2.43. The zero-order valence-electron chi connectivity index (χ0n) is 15.5. The molecule has 1 amide bonds. The second-order valence-electron chi connectivity index (χ2n) is 6.00. The first-order valence-corrected chi connectivity index (χ1v) is 9.85. The molecule has 5 nitrogen and oxygen atoms in total. The molecule has 3 N–H and O–H groups in total. The molecule has 148 valence electrons. The van der Waals surface area contributed by atoms with Crippen LogP contribution in [0.1, 0.15) is 22.2 Å². The van der Waals surface area contributed by atoms with Gasteiger partial charge in [0.1, 0.15) is 0 Å². The summed E-state index contributed by atoms with van der Waals surface area (Å²) in [6.45, 7) is 4.11. The third-order valence-electron chi connectivity index (χ3n) is 3.79. The van der Waals surface area contributed by atoms with E-state index in [1.54, 1.807) is 42.6 Å². The molecule has 1 aromatic heterocycles. The summed E-state index contributed by atoms with van der Waals surface area (Å²) in [5.74, 6) is 1.06. The molecular weight excluding hydrogens is 495 g/mol. The number of hydrogen-bond donors (Lipinski definition) is 3. The van der Waals surface area contributed by atoms with Crippen LogP contribution >= 0.6 is 46.9 Å². The van der Waals surface area contributed by atoms with Crippen LogP contribution in [-0.4, -0.2) is 38.5 Å². The summed E-state index contributed by atoms with van der Waals surface area (Å²) in [6.07, 6.45) is 1.05. The van der Waals surface area contributed by atoms with E-state index in [1.165, 1.54) is 4.88 Å². The van der Waals surface area contributed by atoms with Crippen molar-refractivity contribution in [1.82, 2.24) is 16.0 Å². The Bertz CT molecular complexity index is 724. The summed E-state index contributed by atoms with van der Waals surface area (Å²) in [6, 6.07) is 11.3. The minimum absolute atomic E-state index is 0. The van der Waals surface area contributed by atoms with Gasteiger partial charge in [0.25, 0.3) is 5.91 Å². The zero-order chi connectivity index (χ0) is 18.8. The van der Waals surface area contributed by atoms with Crippen LogP contribution < -0.4 is 16.0 Å². The van der Waals surface area contributed by atoms with Gasteiger partial charge in [-0.3, -0.25) is 9.79 Å². The van der Waals surface area contributed by atoms with Crippen LogP contribution in [0.3, 0.4) is 0 Å². The van der Waals surface area contributed by atoms with E-state index in [0.29, 0.717) is 29.6 Å². The van der Waals surface area contributed by atoms with Crippen LogP contribution in [0.4, 0.5) is 0 Å². The van der Waals surface area contributed by atoms with Crippen molar-refractivity contribution in [2.45, 2.75) is 13.3 Å². The fraction of sp³-hybridized carbons (Fsp3) is 0.368. The van der Waals surface area contributed by atoms with Gasteiger partial charge in [0.05, 0.1) is 10.6 Å². The Hall–Kier alpha value is -1.32. The van der Waals surface area contributed by atoms with Crippen molar-refractivity contribution in [3.63, 3.8) is 0 Å². The second-order valence-corrected chi connectivity index (χ2v) is 7.44. The van der Waals surface area contributed by atoms with Crippen molar-refractivity contribution in [2.24, 2.45) is 10.9 Å². The summed E-state index contributed by atoms with van der Waals surface area (Å²) < 4.78 is 0. The maximum Gasteiger partial charge on any atom is 0.252 e. The number of hydrogen-bond acceptors (Lipinski definition) is 3. The quantitative estimate of drug-likeness (QED) is 0.215. The number of halogens is 2. The number of carbonyl (C=O) groups is 1. The molecule has 1 heterocycles. The Kier molecular flexibility index (Phi) is 11.4. The third kappa shape index (κ3) is 8.49. The lowest BCUT2D eigenvalue weighted by atomic mass is 10.1. The van der Waals surface area contributed by atoms with Crippen LogP contribution in [0.5, 0.6) is 0 Å². The Balaban J connectivity index is 0.00000364. The molecule has 1 unspecified atom stereocenters. The third-order valence-corrected chi connectivity index (χ3v) is 5.02. The molecule has 8 heteroatoms. The van der Waals surface area contributed by atoms with Crippen LogP contribution in [-0.2, 0) is 6.42 Å². The van der Waals surface area contributed by atoms with E-state index in [4.69, 9.17) is 11.6 Å². The number of guanidine groups is 1. The molecule has 0 aliphatic heterocycles. The summed E-state index contributed by atoms with van der Waals surface area (Å²) in [5.41, 5.74) is 0.485. The van der Waals surface area contributed by atoms with Crippen LogP contribution in [0, 0.1) is 5.92 Å². The molecule has 0 bridgehead atoms. The molecule has 1 aromatic carbocycles. The zero-order valence-corrected chi connectivity index (χ0v) is 19.4. The molecule has 1 atom stereocenters. The van der Waals surface area contributed by atoms with Gasteiger partial charge in [-0.1, -0.05) is 36.7 Å². The highest BCUT2D eigenvalue weighted by Crippen LogP contribution is 2.14. The molecule has 2 aromatic rings. The Morgan fingerprint density at radius 2 is 1.89 bits per heavy atom. The van der Waals surface area contributed by atoms with E-state index >= 15 is 0 Å². The lowest BCUT2D eigenvalue weighted by molar-refractivity contribution is 0.0954. The van der Waals surface area contributed by atoms with Gasteiger partial charge in [0.2, 0.25) is 0 Å². The Morgan fingerprint density at radius 1 is 1.15 bits per heavy atom.